The second kappa shape index (κ2) is 7.02. The number of amides is 1. The first-order chi connectivity index (χ1) is 10.1. The maximum atomic E-state index is 13.7. The zero-order valence-corrected chi connectivity index (χ0v) is 12.4. The van der Waals surface area contributed by atoms with E-state index < -0.39 is 0 Å². The Morgan fingerprint density at radius 1 is 1.19 bits per heavy atom. The highest BCUT2D eigenvalue weighted by Crippen LogP contribution is 2.19. The lowest BCUT2D eigenvalue weighted by Crippen LogP contribution is -2.29. The van der Waals surface area contributed by atoms with E-state index in [9.17, 15) is 9.18 Å². The predicted molar refractivity (Wildman–Crippen MR) is 82.5 cm³/mol. The van der Waals surface area contributed by atoms with Gasteiger partial charge in [-0.15, -0.1) is 0 Å². The van der Waals surface area contributed by atoms with E-state index in [0.29, 0.717) is 12.0 Å². The number of carbonyl (C=O) groups excluding carboxylic acids is 1. The molecule has 0 fully saturated rings. The molecule has 2 rings (SSSR count). The van der Waals surface area contributed by atoms with Crippen molar-refractivity contribution in [3.05, 3.63) is 71.0 Å². The monoisotopic (exact) mass is 285 g/mol. The van der Waals surface area contributed by atoms with Gasteiger partial charge in [0.1, 0.15) is 5.82 Å². The van der Waals surface area contributed by atoms with Crippen molar-refractivity contribution in [2.24, 2.45) is 0 Å². The lowest BCUT2D eigenvalue weighted by atomic mass is 9.95. The van der Waals surface area contributed by atoms with Gasteiger partial charge >= 0.3 is 0 Å². The quantitative estimate of drug-likeness (QED) is 0.885. The summed E-state index contributed by atoms with van der Waals surface area (Å²) in [5.74, 6) is -0.544. The summed E-state index contributed by atoms with van der Waals surface area (Å²) in [5.41, 5.74) is 2.49. The number of rotatable bonds is 5. The van der Waals surface area contributed by atoms with Crippen LogP contribution in [0.25, 0.3) is 0 Å². The van der Waals surface area contributed by atoms with Crippen LogP contribution in [0.1, 0.15) is 36.0 Å². The van der Waals surface area contributed by atoms with Gasteiger partial charge in [-0.3, -0.25) is 4.79 Å². The van der Waals surface area contributed by atoms with Gasteiger partial charge in [0.05, 0.1) is 5.92 Å². The summed E-state index contributed by atoms with van der Waals surface area (Å²) in [5, 5.41) is 2.84. The van der Waals surface area contributed by atoms with Crippen LogP contribution in [0.4, 0.5) is 4.39 Å². The molecule has 3 heteroatoms. The molecular weight excluding hydrogens is 265 g/mol. The first-order valence-corrected chi connectivity index (χ1v) is 7.19. The van der Waals surface area contributed by atoms with Crippen LogP contribution in [0.3, 0.4) is 0 Å². The van der Waals surface area contributed by atoms with Gasteiger partial charge in [-0.25, -0.2) is 4.39 Å². The molecule has 1 atom stereocenters. The number of benzene rings is 2. The van der Waals surface area contributed by atoms with E-state index in [0.717, 1.165) is 11.1 Å². The number of hydrogen-bond acceptors (Lipinski definition) is 1. The normalized spacial score (nSPS) is 12.0. The van der Waals surface area contributed by atoms with Gasteiger partial charge < -0.3 is 5.32 Å². The van der Waals surface area contributed by atoms with Crippen LogP contribution in [0.5, 0.6) is 0 Å². The van der Waals surface area contributed by atoms with Gasteiger partial charge in [0.25, 0.3) is 0 Å². The van der Waals surface area contributed by atoms with Crippen molar-refractivity contribution in [3.8, 4) is 0 Å². The van der Waals surface area contributed by atoms with Crippen LogP contribution in [0, 0.1) is 12.7 Å². The third-order valence-corrected chi connectivity index (χ3v) is 3.58. The summed E-state index contributed by atoms with van der Waals surface area (Å²) in [6.45, 7) is 4.10. The first kappa shape index (κ1) is 15.2. The molecule has 0 aromatic heterocycles. The van der Waals surface area contributed by atoms with Crippen molar-refractivity contribution >= 4 is 5.91 Å². The second-order valence-electron chi connectivity index (χ2n) is 5.18. The highest BCUT2D eigenvalue weighted by Gasteiger charge is 2.18. The van der Waals surface area contributed by atoms with E-state index in [1.165, 1.54) is 6.07 Å². The topological polar surface area (TPSA) is 29.1 Å². The molecule has 0 aliphatic rings. The van der Waals surface area contributed by atoms with Gasteiger partial charge in [0, 0.05) is 12.1 Å². The van der Waals surface area contributed by atoms with E-state index >= 15 is 0 Å². The van der Waals surface area contributed by atoms with Gasteiger partial charge in [-0.2, -0.15) is 0 Å². The molecule has 2 aromatic carbocycles. The molecule has 0 bridgehead atoms. The summed E-state index contributed by atoms with van der Waals surface area (Å²) in [6, 6.07) is 14.6. The molecule has 1 unspecified atom stereocenters. The fourth-order valence-electron chi connectivity index (χ4n) is 2.40. The Labute approximate surface area is 125 Å². The lowest BCUT2D eigenvalue weighted by molar-refractivity contribution is -0.122. The lowest BCUT2D eigenvalue weighted by Gasteiger charge is -2.15. The molecule has 2 aromatic rings. The Bertz CT molecular complexity index is 610. The molecule has 110 valence electrons. The van der Waals surface area contributed by atoms with Crippen molar-refractivity contribution in [2.45, 2.75) is 32.7 Å². The largest absolute Gasteiger partial charge is 0.351 e. The molecule has 0 heterocycles. The van der Waals surface area contributed by atoms with E-state index in [1.807, 2.05) is 44.2 Å². The van der Waals surface area contributed by atoms with Gasteiger partial charge in [-0.05, 0) is 25.0 Å². The molecule has 2 nitrogen and oxygen atoms in total. The van der Waals surface area contributed by atoms with Crippen LogP contribution in [-0.2, 0) is 11.3 Å². The van der Waals surface area contributed by atoms with Gasteiger partial charge in [0.15, 0.2) is 0 Å². The Hall–Kier alpha value is -2.16. The smallest absolute Gasteiger partial charge is 0.227 e. The highest BCUT2D eigenvalue weighted by molar-refractivity contribution is 5.83. The molecule has 1 amide bonds. The minimum atomic E-state index is -0.284. The average Bonchev–Trinajstić information content (AvgIpc) is 2.50. The summed E-state index contributed by atoms with van der Waals surface area (Å²) in [6.07, 6.45) is 0.714. The molecule has 0 aliphatic carbocycles. The number of carbonyl (C=O) groups is 1. The zero-order chi connectivity index (χ0) is 15.2. The molecule has 1 N–H and O–H groups in total. The Kier molecular flexibility index (Phi) is 5.09. The van der Waals surface area contributed by atoms with Crippen LogP contribution in [0.15, 0.2) is 48.5 Å². The van der Waals surface area contributed by atoms with Crippen LogP contribution < -0.4 is 5.32 Å². The van der Waals surface area contributed by atoms with Crippen molar-refractivity contribution < 1.29 is 9.18 Å². The fourth-order valence-corrected chi connectivity index (χ4v) is 2.40. The Morgan fingerprint density at radius 3 is 2.57 bits per heavy atom. The summed E-state index contributed by atoms with van der Waals surface area (Å²) in [4.78, 5) is 12.3. The van der Waals surface area contributed by atoms with Crippen molar-refractivity contribution in [2.75, 3.05) is 0 Å². The van der Waals surface area contributed by atoms with Crippen molar-refractivity contribution in [3.63, 3.8) is 0 Å². The number of halogens is 1. The SMILES string of the molecule is CCC(C(=O)NCc1cc(C)ccc1F)c1ccccc1. The van der Waals surface area contributed by atoms with Gasteiger partial charge in [0.2, 0.25) is 5.91 Å². The number of aryl methyl sites for hydroxylation is 1. The summed E-state index contributed by atoms with van der Waals surface area (Å²) in [7, 11) is 0. The number of hydrogen-bond donors (Lipinski definition) is 1. The Morgan fingerprint density at radius 2 is 1.90 bits per heavy atom. The Balaban J connectivity index is 2.05. The minimum absolute atomic E-state index is 0.0652. The average molecular weight is 285 g/mol. The third kappa shape index (κ3) is 3.91. The fraction of sp³-hybridized carbons (Fsp3) is 0.278. The molecular formula is C18H20FNO. The molecule has 0 radical (unpaired) electrons. The molecule has 0 saturated carbocycles. The van der Waals surface area contributed by atoms with E-state index in [1.54, 1.807) is 12.1 Å². The standard InChI is InChI=1S/C18H20FNO/c1-3-16(14-7-5-4-6-8-14)18(21)20-12-15-11-13(2)9-10-17(15)19/h4-11,16H,3,12H2,1-2H3,(H,20,21). The third-order valence-electron chi connectivity index (χ3n) is 3.58. The summed E-state index contributed by atoms with van der Waals surface area (Å²) >= 11 is 0. The number of nitrogens with one attached hydrogen (secondary N) is 1. The predicted octanol–water partition coefficient (Wildman–Crippen LogP) is 3.94. The molecule has 0 aliphatic heterocycles. The highest BCUT2D eigenvalue weighted by atomic mass is 19.1. The maximum Gasteiger partial charge on any atom is 0.227 e. The maximum absolute atomic E-state index is 13.7. The molecule has 0 spiro atoms. The van der Waals surface area contributed by atoms with Crippen molar-refractivity contribution in [1.82, 2.24) is 5.32 Å². The van der Waals surface area contributed by atoms with Gasteiger partial charge in [-0.1, -0.05) is 55.0 Å². The molecule has 0 saturated heterocycles. The van der Waals surface area contributed by atoms with Crippen LogP contribution >= 0.6 is 0 Å². The van der Waals surface area contributed by atoms with E-state index in [4.69, 9.17) is 0 Å². The zero-order valence-electron chi connectivity index (χ0n) is 12.4. The summed E-state index contributed by atoms with van der Waals surface area (Å²) < 4.78 is 13.7. The van der Waals surface area contributed by atoms with Crippen molar-refractivity contribution in [1.29, 1.82) is 0 Å². The first-order valence-electron chi connectivity index (χ1n) is 7.19. The van der Waals surface area contributed by atoms with E-state index in [-0.39, 0.29) is 24.2 Å². The van der Waals surface area contributed by atoms with Crippen LogP contribution in [-0.4, -0.2) is 5.91 Å². The van der Waals surface area contributed by atoms with Crippen LogP contribution in [0.2, 0.25) is 0 Å². The van der Waals surface area contributed by atoms with E-state index in [2.05, 4.69) is 5.32 Å². The molecule has 21 heavy (non-hydrogen) atoms. The minimum Gasteiger partial charge on any atom is -0.351 e. The second-order valence-corrected chi connectivity index (χ2v) is 5.18.